The second-order valence-corrected chi connectivity index (χ2v) is 7.15. The van der Waals surface area contributed by atoms with Crippen molar-refractivity contribution in [2.75, 3.05) is 13.6 Å². The highest BCUT2D eigenvalue weighted by atomic mass is 127. The van der Waals surface area contributed by atoms with E-state index in [1.807, 2.05) is 7.05 Å². The summed E-state index contributed by atoms with van der Waals surface area (Å²) in [6.07, 6.45) is 10.4. The number of nitrogens with zero attached hydrogens (tertiary/aromatic N) is 1. The Kier molecular flexibility index (Phi) is 4.98. The highest BCUT2D eigenvalue weighted by Gasteiger charge is 2.42. The van der Waals surface area contributed by atoms with Crippen LogP contribution in [0.1, 0.15) is 44.9 Å². The molecule has 4 aliphatic rings. The molecule has 3 atom stereocenters. The van der Waals surface area contributed by atoms with Gasteiger partial charge in [-0.3, -0.25) is 4.99 Å². The van der Waals surface area contributed by atoms with E-state index < -0.39 is 0 Å². The Labute approximate surface area is 144 Å². The Morgan fingerprint density at radius 1 is 1.14 bits per heavy atom. The van der Waals surface area contributed by atoms with Gasteiger partial charge in [-0.1, -0.05) is 0 Å². The zero-order valence-corrected chi connectivity index (χ0v) is 15.2. The lowest BCUT2D eigenvalue weighted by atomic mass is 9.95. The minimum Gasteiger partial charge on any atom is -0.373 e. The Balaban J connectivity index is 0.00000132. The third-order valence-corrected chi connectivity index (χ3v) is 5.61. The molecule has 5 heteroatoms. The largest absolute Gasteiger partial charge is 0.373 e. The van der Waals surface area contributed by atoms with Crippen molar-refractivity contribution in [3.63, 3.8) is 0 Å². The standard InChI is InChI=1S/C16H27N3O.HI/c1-17-16(19-14-8-12-6-7-15(14)20-12)18-9-13(10-2-3-10)11-4-5-11;/h10-15H,2-9H2,1H3,(H2,17,18,19);1H. The molecule has 0 amide bonds. The molecular weight excluding hydrogens is 377 g/mol. The van der Waals surface area contributed by atoms with Crippen LogP contribution in [-0.4, -0.2) is 37.8 Å². The molecule has 4 fully saturated rings. The molecule has 0 radical (unpaired) electrons. The van der Waals surface area contributed by atoms with E-state index in [4.69, 9.17) is 4.74 Å². The van der Waals surface area contributed by atoms with E-state index in [2.05, 4.69) is 15.6 Å². The number of hydrogen-bond acceptors (Lipinski definition) is 2. The van der Waals surface area contributed by atoms with Gasteiger partial charge in [0.25, 0.3) is 0 Å². The highest BCUT2D eigenvalue weighted by molar-refractivity contribution is 14.0. The molecular formula is C16H28IN3O. The summed E-state index contributed by atoms with van der Waals surface area (Å²) in [7, 11) is 1.88. The van der Waals surface area contributed by atoms with Gasteiger partial charge in [0.2, 0.25) is 0 Å². The van der Waals surface area contributed by atoms with Gasteiger partial charge in [0.05, 0.1) is 18.2 Å². The second-order valence-electron chi connectivity index (χ2n) is 7.15. The van der Waals surface area contributed by atoms with E-state index >= 15 is 0 Å². The Morgan fingerprint density at radius 3 is 2.33 bits per heavy atom. The summed E-state index contributed by atoms with van der Waals surface area (Å²) in [6.45, 7) is 1.11. The van der Waals surface area contributed by atoms with Gasteiger partial charge >= 0.3 is 0 Å². The monoisotopic (exact) mass is 405 g/mol. The van der Waals surface area contributed by atoms with Crippen molar-refractivity contribution in [3.8, 4) is 0 Å². The lowest BCUT2D eigenvalue weighted by Gasteiger charge is -2.24. The fourth-order valence-electron chi connectivity index (χ4n) is 4.14. The van der Waals surface area contributed by atoms with Gasteiger partial charge in [0.1, 0.15) is 0 Å². The summed E-state index contributed by atoms with van der Waals surface area (Å²) in [5, 5.41) is 7.17. The molecule has 4 rings (SSSR count). The van der Waals surface area contributed by atoms with Crippen LogP contribution >= 0.6 is 24.0 Å². The molecule has 120 valence electrons. The predicted octanol–water partition coefficient (Wildman–Crippen LogP) is 2.53. The van der Waals surface area contributed by atoms with Gasteiger partial charge in [-0.2, -0.15) is 0 Å². The van der Waals surface area contributed by atoms with E-state index in [9.17, 15) is 0 Å². The Bertz CT molecular complexity index is 383. The van der Waals surface area contributed by atoms with Crippen LogP contribution in [0.15, 0.2) is 4.99 Å². The van der Waals surface area contributed by atoms with Crippen molar-refractivity contribution < 1.29 is 4.74 Å². The molecule has 0 aromatic carbocycles. The Morgan fingerprint density at radius 2 is 1.86 bits per heavy atom. The Hall–Kier alpha value is -0.0400. The third-order valence-electron chi connectivity index (χ3n) is 5.61. The van der Waals surface area contributed by atoms with Crippen LogP contribution in [0.2, 0.25) is 0 Å². The predicted molar refractivity (Wildman–Crippen MR) is 95.2 cm³/mol. The maximum atomic E-state index is 5.91. The van der Waals surface area contributed by atoms with E-state index in [1.54, 1.807) is 0 Å². The molecule has 2 heterocycles. The van der Waals surface area contributed by atoms with Crippen molar-refractivity contribution in [3.05, 3.63) is 0 Å². The molecule has 0 aromatic rings. The van der Waals surface area contributed by atoms with Crippen LogP contribution in [0.5, 0.6) is 0 Å². The number of hydrogen-bond donors (Lipinski definition) is 2. The van der Waals surface area contributed by atoms with E-state index in [0.717, 1.165) is 36.7 Å². The fourth-order valence-corrected chi connectivity index (χ4v) is 4.14. The summed E-state index contributed by atoms with van der Waals surface area (Å²) < 4.78 is 5.91. The van der Waals surface area contributed by atoms with Crippen LogP contribution < -0.4 is 10.6 Å². The minimum atomic E-state index is 0. The fraction of sp³-hybridized carbons (Fsp3) is 0.938. The first-order valence-corrected chi connectivity index (χ1v) is 8.46. The van der Waals surface area contributed by atoms with Crippen molar-refractivity contribution in [1.29, 1.82) is 0 Å². The average molecular weight is 405 g/mol. The molecule has 4 nitrogen and oxygen atoms in total. The smallest absolute Gasteiger partial charge is 0.191 e. The summed E-state index contributed by atoms with van der Waals surface area (Å²) in [5.74, 6) is 3.88. The number of nitrogens with one attached hydrogen (secondary N) is 2. The summed E-state index contributed by atoms with van der Waals surface area (Å²) in [5.41, 5.74) is 0. The second kappa shape index (κ2) is 6.60. The van der Waals surface area contributed by atoms with Gasteiger partial charge in [-0.05, 0) is 62.7 Å². The summed E-state index contributed by atoms with van der Waals surface area (Å²) in [6, 6.07) is 0.472. The normalized spacial score (nSPS) is 35.0. The molecule has 0 aromatic heterocycles. The van der Waals surface area contributed by atoms with Crippen LogP contribution in [0.3, 0.4) is 0 Å². The van der Waals surface area contributed by atoms with E-state index in [1.165, 1.54) is 38.5 Å². The van der Waals surface area contributed by atoms with E-state index in [-0.39, 0.29) is 24.0 Å². The highest BCUT2D eigenvalue weighted by Crippen LogP contribution is 2.48. The molecule has 2 aliphatic heterocycles. The van der Waals surface area contributed by atoms with Gasteiger partial charge < -0.3 is 15.4 Å². The average Bonchev–Trinajstić information content (AvgIpc) is 3.39. The van der Waals surface area contributed by atoms with Crippen molar-refractivity contribution in [2.24, 2.45) is 22.7 Å². The quantitative estimate of drug-likeness (QED) is 0.420. The lowest BCUT2D eigenvalue weighted by molar-refractivity contribution is 0.0992. The van der Waals surface area contributed by atoms with Gasteiger partial charge in [-0.25, -0.2) is 0 Å². The number of ether oxygens (including phenoxy) is 1. The van der Waals surface area contributed by atoms with Crippen LogP contribution in [-0.2, 0) is 4.74 Å². The third kappa shape index (κ3) is 3.66. The molecule has 0 spiro atoms. The lowest BCUT2D eigenvalue weighted by Crippen LogP contribution is -2.48. The van der Waals surface area contributed by atoms with Crippen LogP contribution in [0.25, 0.3) is 0 Å². The van der Waals surface area contributed by atoms with Crippen molar-refractivity contribution in [2.45, 2.75) is 63.2 Å². The molecule has 21 heavy (non-hydrogen) atoms. The van der Waals surface area contributed by atoms with Gasteiger partial charge in [0.15, 0.2) is 5.96 Å². The number of fused-ring (bicyclic) bond motifs is 2. The molecule has 2 bridgehead atoms. The molecule has 2 aliphatic carbocycles. The first kappa shape index (κ1) is 15.8. The molecule has 3 unspecified atom stereocenters. The SMILES string of the molecule is CN=C(NCC(C1CC1)C1CC1)NC1CC2CCC1O2.I. The number of guanidine groups is 1. The van der Waals surface area contributed by atoms with Crippen molar-refractivity contribution in [1.82, 2.24) is 10.6 Å². The number of aliphatic imine (C=N–C) groups is 1. The van der Waals surface area contributed by atoms with Gasteiger partial charge in [0, 0.05) is 13.6 Å². The molecule has 2 saturated heterocycles. The maximum absolute atomic E-state index is 5.91. The molecule has 2 N–H and O–H groups in total. The number of halogens is 1. The zero-order chi connectivity index (χ0) is 13.5. The molecule has 2 saturated carbocycles. The zero-order valence-electron chi connectivity index (χ0n) is 12.9. The topological polar surface area (TPSA) is 45.7 Å². The summed E-state index contributed by atoms with van der Waals surface area (Å²) >= 11 is 0. The minimum absolute atomic E-state index is 0. The summed E-state index contributed by atoms with van der Waals surface area (Å²) in [4.78, 5) is 4.41. The van der Waals surface area contributed by atoms with Crippen LogP contribution in [0, 0.1) is 17.8 Å². The van der Waals surface area contributed by atoms with Crippen molar-refractivity contribution >= 4 is 29.9 Å². The first-order valence-electron chi connectivity index (χ1n) is 8.46. The van der Waals surface area contributed by atoms with E-state index in [0.29, 0.717) is 18.2 Å². The van der Waals surface area contributed by atoms with Gasteiger partial charge in [-0.15, -0.1) is 24.0 Å². The number of rotatable bonds is 5. The maximum Gasteiger partial charge on any atom is 0.191 e. The first-order chi connectivity index (χ1) is 9.83. The van der Waals surface area contributed by atoms with Crippen LogP contribution in [0.4, 0.5) is 0 Å².